The summed E-state index contributed by atoms with van der Waals surface area (Å²) in [5.74, 6) is 0.611. The van der Waals surface area contributed by atoms with Crippen molar-refractivity contribution in [1.29, 1.82) is 0 Å². The van der Waals surface area contributed by atoms with Gasteiger partial charge in [-0.05, 0) is 25.7 Å². The maximum atomic E-state index is 11.9. The third-order valence-corrected chi connectivity index (χ3v) is 3.69. The minimum atomic E-state index is 0.251. The molecule has 16 heavy (non-hydrogen) atoms. The van der Waals surface area contributed by atoms with Crippen LogP contribution in [0.2, 0.25) is 0 Å². The Balaban J connectivity index is 1.65. The second-order valence-electron chi connectivity index (χ2n) is 4.92. The minimum Gasteiger partial charge on any atom is -0.381 e. The van der Waals surface area contributed by atoms with Crippen LogP contribution in [-0.4, -0.2) is 31.7 Å². The first kappa shape index (κ1) is 12.1. The highest BCUT2D eigenvalue weighted by Crippen LogP contribution is 2.24. The Morgan fingerprint density at radius 1 is 1.06 bits per heavy atom. The van der Waals surface area contributed by atoms with E-state index in [-0.39, 0.29) is 12.0 Å². The van der Waals surface area contributed by atoms with E-state index in [0.29, 0.717) is 12.4 Å². The van der Waals surface area contributed by atoms with Crippen LogP contribution in [0, 0.1) is 5.92 Å². The molecule has 1 heterocycles. The number of ether oxygens (including phenoxy) is 2. The lowest BCUT2D eigenvalue weighted by Crippen LogP contribution is -2.29. The predicted molar refractivity (Wildman–Crippen MR) is 61.4 cm³/mol. The molecule has 92 valence electrons. The molecule has 0 aromatic heterocycles. The molecule has 0 aromatic rings. The Kier molecular flexibility index (Phi) is 4.79. The van der Waals surface area contributed by atoms with E-state index in [4.69, 9.17) is 9.47 Å². The van der Waals surface area contributed by atoms with Gasteiger partial charge in [0.25, 0.3) is 0 Å². The lowest BCUT2D eigenvalue weighted by atomic mass is 9.86. The van der Waals surface area contributed by atoms with E-state index in [1.807, 2.05) is 0 Å². The van der Waals surface area contributed by atoms with Gasteiger partial charge in [0.1, 0.15) is 6.61 Å². The average Bonchev–Trinajstić information content (AvgIpc) is 2.38. The van der Waals surface area contributed by atoms with Gasteiger partial charge in [-0.2, -0.15) is 0 Å². The van der Waals surface area contributed by atoms with Crippen LogP contribution in [0.15, 0.2) is 0 Å². The van der Waals surface area contributed by atoms with E-state index >= 15 is 0 Å². The standard InChI is InChI=1S/C13H22O3/c14-13(11-4-2-1-3-5-11)10-16-12-6-8-15-9-7-12/h11-12H,1-10H2. The van der Waals surface area contributed by atoms with Crippen molar-refractivity contribution >= 4 is 5.78 Å². The molecule has 0 N–H and O–H groups in total. The van der Waals surface area contributed by atoms with Crippen molar-refractivity contribution in [3.05, 3.63) is 0 Å². The Morgan fingerprint density at radius 2 is 1.75 bits per heavy atom. The van der Waals surface area contributed by atoms with Gasteiger partial charge >= 0.3 is 0 Å². The lowest BCUT2D eigenvalue weighted by molar-refractivity contribution is -0.132. The van der Waals surface area contributed by atoms with Crippen molar-refractivity contribution in [2.75, 3.05) is 19.8 Å². The van der Waals surface area contributed by atoms with Crippen molar-refractivity contribution in [2.45, 2.75) is 51.0 Å². The summed E-state index contributed by atoms with van der Waals surface area (Å²) in [5.41, 5.74) is 0. The van der Waals surface area contributed by atoms with Crippen molar-refractivity contribution in [3.8, 4) is 0 Å². The quantitative estimate of drug-likeness (QED) is 0.738. The number of ketones is 1. The van der Waals surface area contributed by atoms with Crippen LogP contribution < -0.4 is 0 Å². The molecule has 0 unspecified atom stereocenters. The van der Waals surface area contributed by atoms with E-state index in [1.165, 1.54) is 19.3 Å². The second kappa shape index (κ2) is 6.36. The fourth-order valence-corrected chi connectivity index (χ4v) is 2.59. The molecule has 0 atom stereocenters. The van der Waals surface area contributed by atoms with E-state index in [0.717, 1.165) is 38.9 Å². The van der Waals surface area contributed by atoms with Gasteiger partial charge < -0.3 is 9.47 Å². The Labute approximate surface area is 97.5 Å². The summed E-state index contributed by atoms with van der Waals surface area (Å²) in [7, 11) is 0. The van der Waals surface area contributed by atoms with Gasteiger partial charge in [-0.1, -0.05) is 19.3 Å². The third kappa shape index (κ3) is 3.56. The SMILES string of the molecule is O=C(COC1CCOCC1)C1CCCCC1. The van der Waals surface area contributed by atoms with Crippen molar-refractivity contribution in [3.63, 3.8) is 0 Å². The van der Waals surface area contributed by atoms with Crippen LogP contribution in [0.5, 0.6) is 0 Å². The van der Waals surface area contributed by atoms with Gasteiger partial charge in [-0.3, -0.25) is 4.79 Å². The van der Waals surface area contributed by atoms with Crippen molar-refractivity contribution in [1.82, 2.24) is 0 Å². The summed E-state index contributed by atoms with van der Waals surface area (Å²) in [5, 5.41) is 0. The average molecular weight is 226 g/mol. The van der Waals surface area contributed by atoms with Gasteiger partial charge in [-0.25, -0.2) is 0 Å². The van der Waals surface area contributed by atoms with Crippen molar-refractivity contribution < 1.29 is 14.3 Å². The summed E-state index contributed by atoms with van der Waals surface area (Å²) in [6.07, 6.45) is 8.02. The zero-order valence-electron chi connectivity index (χ0n) is 9.95. The fraction of sp³-hybridized carbons (Fsp3) is 0.923. The summed E-state index contributed by atoms with van der Waals surface area (Å²) >= 11 is 0. The second-order valence-corrected chi connectivity index (χ2v) is 4.92. The van der Waals surface area contributed by atoms with Crippen LogP contribution in [0.25, 0.3) is 0 Å². The number of Topliss-reactive ketones (excluding diaryl/α,β-unsaturated/α-hetero) is 1. The molecular formula is C13H22O3. The highest BCUT2D eigenvalue weighted by atomic mass is 16.5. The predicted octanol–water partition coefficient (Wildman–Crippen LogP) is 2.33. The summed E-state index contributed by atoms with van der Waals surface area (Å²) in [6.45, 7) is 1.89. The number of carbonyl (C=O) groups is 1. The summed E-state index contributed by atoms with van der Waals surface area (Å²) in [6, 6.07) is 0. The highest BCUT2D eigenvalue weighted by molar-refractivity contribution is 5.82. The van der Waals surface area contributed by atoms with Crippen LogP contribution in [-0.2, 0) is 14.3 Å². The van der Waals surface area contributed by atoms with Crippen molar-refractivity contribution in [2.24, 2.45) is 5.92 Å². The molecule has 2 aliphatic rings. The minimum absolute atomic E-state index is 0.251. The molecular weight excluding hydrogens is 204 g/mol. The Bertz CT molecular complexity index is 215. The van der Waals surface area contributed by atoms with Gasteiger partial charge in [0.05, 0.1) is 6.10 Å². The molecule has 1 aliphatic carbocycles. The molecule has 0 amide bonds. The lowest BCUT2D eigenvalue weighted by Gasteiger charge is -2.24. The molecule has 3 nitrogen and oxygen atoms in total. The molecule has 3 heteroatoms. The smallest absolute Gasteiger partial charge is 0.161 e. The molecule has 2 rings (SSSR count). The van der Waals surface area contributed by atoms with E-state index in [1.54, 1.807) is 0 Å². The zero-order valence-corrected chi connectivity index (χ0v) is 9.95. The largest absolute Gasteiger partial charge is 0.381 e. The maximum absolute atomic E-state index is 11.9. The number of hydrogen-bond donors (Lipinski definition) is 0. The topological polar surface area (TPSA) is 35.5 Å². The summed E-state index contributed by atoms with van der Waals surface area (Å²) < 4.78 is 10.9. The Morgan fingerprint density at radius 3 is 2.44 bits per heavy atom. The van der Waals surface area contributed by atoms with Gasteiger partial charge in [0, 0.05) is 19.1 Å². The highest BCUT2D eigenvalue weighted by Gasteiger charge is 2.22. The van der Waals surface area contributed by atoms with E-state index in [9.17, 15) is 4.79 Å². The molecule has 1 aliphatic heterocycles. The molecule has 1 saturated carbocycles. The van der Waals surface area contributed by atoms with Crippen LogP contribution in [0.3, 0.4) is 0 Å². The third-order valence-electron chi connectivity index (χ3n) is 3.69. The van der Waals surface area contributed by atoms with Crippen LogP contribution >= 0.6 is 0 Å². The Hall–Kier alpha value is -0.410. The van der Waals surface area contributed by atoms with E-state index < -0.39 is 0 Å². The summed E-state index contributed by atoms with van der Waals surface area (Å²) in [4.78, 5) is 11.9. The fourth-order valence-electron chi connectivity index (χ4n) is 2.59. The monoisotopic (exact) mass is 226 g/mol. The molecule has 2 fully saturated rings. The number of carbonyl (C=O) groups excluding carboxylic acids is 1. The molecule has 1 saturated heterocycles. The first-order chi connectivity index (χ1) is 7.86. The number of hydrogen-bond acceptors (Lipinski definition) is 3. The van der Waals surface area contributed by atoms with Gasteiger partial charge in [0.15, 0.2) is 5.78 Å². The normalized spacial score (nSPS) is 24.5. The molecule has 0 spiro atoms. The first-order valence-corrected chi connectivity index (χ1v) is 6.58. The van der Waals surface area contributed by atoms with E-state index in [2.05, 4.69) is 0 Å². The molecule has 0 aromatic carbocycles. The van der Waals surface area contributed by atoms with Gasteiger partial charge in [0.2, 0.25) is 0 Å². The maximum Gasteiger partial charge on any atom is 0.161 e. The first-order valence-electron chi connectivity index (χ1n) is 6.58. The zero-order chi connectivity index (χ0) is 11.2. The van der Waals surface area contributed by atoms with Crippen LogP contribution in [0.1, 0.15) is 44.9 Å². The number of rotatable bonds is 4. The van der Waals surface area contributed by atoms with Gasteiger partial charge in [-0.15, -0.1) is 0 Å². The molecule has 0 bridgehead atoms. The van der Waals surface area contributed by atoms with Crippen LogP contribution in [0.4, 0.5) is 0 Å². The molecule has 0 radical (unpaired) electrons.